The molecular formula is C19H20N2O8. The van der Waals surface area contributed by atoms with Crippen LogP contribution < -0.4 is 10.6 Å². The van der Waals surface area contributed by atoms with Gasteiger partial charge in [-0.1, -0.05) is 30.3 Å². The predicted molar refractivity (Wildman–Crippen MR) is 98.6 cm³/mol. The van der Waals surface area contributed by atoms with Crippen LogP contribution in [-0.4, -0.2) is 69.2 Å². The quantitative estimate of drug-likeness (QED) is 0.254. The van der Waals surface area contributed by atoms with Crippen LogP contribution in [0, 0.1) is 0 Å². The first-order valence-electron chi connectivity index (χ1n) is 8.56. The lowest BCUT2D eigenvalue weighted by molar-refractivity contribution is -0.141. The van der Waals surface area contributed by atoms with Crippen molar-refractivity contribution in [1.29, 1.82) is 0 Å². The fourth-order valence-electron chi connectivity index (χ4n) is 2.66. The number of nitrogens with one attached hydrogen (secondary N) is 2. The molecule has 29 heavy (non-hydrogen) atoms. The van der Waals surface area contributed by atoms with Crippen LogP contribution in [0.1, 0.15) is 5.56 Å². The van der Waals surface area contributed by atoms with E-state index in [0.29, 0.717) is 5.56 Å². The Morgan fingerprint density at radius 1 is 0.897 bits per heavy atom. The molecule has 0 fully saturated rings. The minimum absolute atomic E-state index is 0.0403. The molecule has 2 rings (SSSR count). The molecule has 0 unspecified atom stereocenters. The molecule has 10 nitrogen and oxygen atoms in total. The van der Waals surface area contributed by atoms with Gasteiger partial charge in [-0.25, -0.2) is 9.59 Å². The average molecular weight is 404 g/mol. The van der Waals surface area contributed by atoms with Crippen LogP contribution >= 0.6 is 0 Å². The first-order chi connectivity index (χ1) is 13.8. The molecule has 1 aliphatic carbocycles. The molecule has 1 aliphatic rings. The molecule has 154 valence electrons. The van der Waals surface area contributed by atoms with Crippen LogP contribution in [0.5, 0.6) is 0 Å². The second kappa shape index (κ2) is 9.62. The fraction of sp³-hybridized carbons (Fsp3) is 0.263. The van der Waals surface area contributed by atoms with Crippen molar-refractivity contribution in [2.24, 2.45) is 0 Å². The number of ketones is 2. The lowest BCUT2D eigenvalue weighted by Gasteiger charge is -2.24. The van der Waals surface area contributed by atoms with Crippen molar-refractivity contribution in [2.75, 3.05) is 13.2 Å². The number of aliphatic hydroxyl groups excluding tert-OH is 2. The van der Waals surface area contributed by atoms with E-state index in [4.69, 9.17) is 15.3 Å². The highest BCUT2D eigenvalue weighted by Crippen LogP contribution is 2.21. The first kappa shape index (κ1) is 21.8. The van der Waals surface area contributed by atoms with Crippen LogP contribution in [0.25, 0.3) is 0 Å². The first-order valence-corrected chi connectivity index (χ1v) is 8.56. The van der Waals surface area contributed by atoms with Crippen LogP contribution in [0.3, 0.4) is 0 Å². The summed E-state index contributed by atoms with van der Waals surface area (Å²) in [5, 5.41) is 41.3. The molecule has 0 spiro atoms. The van der Waals surface area contributed by atoms with E-state index in [2.05, 4.69) is 10.6 Å². The van der Waals surface area contributed by atoms with Gasteiger partial charge in [-0.2, -0.15) is 0 Å². The number of aliphatic carboxylic acids is 2. The minimum atomic E-state index is -1.51. The molecule has 0 heterocycles. The topological polar surface area (TPSA) is 173 Å². The Morgan fingerprint density at radius 2 is 1.45 bits per heavy atom. The van der Waals surface area contributed by atoms with Gasteiger partial charge < -0.3 is 31.1 Å². The van der Waals surface area contributed by atoms with Crippen LogP contribution in [0.15, 0.2) is 53.4 Å². The van der Waals surface area contributed by atoms with Crippen LogP contribution in [0.4, 0.5) is 0 Å². The highest BCUT2D eigenvalue weighted by Gasteiger charge is 2.33. The van der Waals surface area contributed by atoms with Crippen molar-refractivity contribution in [2.45, 2.75) is 18.5 Å². The number of carboxylic acids is 2. The Labute approximate surface area is 165 Å². The van der Waals surface area contributed by atoms with Gasteiger partial charge in [0.1, 0.15) is 12.1 Å². The number of aliphatic hydroxyl groups is 2. The van der Waals surface area contributed by atoms with Gasteiger partial charge in [0, 0.05) is 18.1 Å². The smallest absolute Gasteiger partial charge is 0.328 e. The summed E-state index contributed by atoms with van der Waals surface area (Å²) in [6.45, 7) is -1.64. The maximum Gasteiger partial charge on any atom is 0.328 e. The molecule has 1 aromatic carbocycles. The summed E-state index contributed by atoms with van der Waals surface area (Å²) in [5.41, 5.74) is -0.0597. The molecule has 0 saturated carbocycles. The summed E-state index contributed by atoms with van der Waals surface area (Å²) in [5.74, 6) is -4.33. The zero-order chi connectivity index (χ0) is 21.6. The number of benzene rings is 1. The largest absolute Gasteiger partial charge is 0.480 e. The maximum atomic E-state index is 12.9. The maximum absolute atomic E-state index is 12.9. The number of carbonyl (C=O) groups excluding carboxylic acids is 2. The normalized spacial score (nSPS) is 16.1. The van der Waals surface area contributed by atoms with Crippen LogP contribution in [-0.2, 0) is 25.6 Å². The van der Waals surface area contributed by atoms with Gasteiger partial charge in [-0.05, 0) is 5.56 Å². The van der Waals surface area contributed by atoms with E-state index >= 15 is 0 Å². The van der Waals surface area contributed by atoms with Gasteiger partial charge in [0.05, 0.1) is 24.6 Å². The second-order valence-electron chi connectivity index (χ2n) is 6.20. The third-order valence-electron chi connectivity index (χ3n) is 4.18. The lowest BCUT2D eigenvalue weighted by atomic mass is 9.91. The summed E-state index contributed by atoms with van der Waals surface area (Å²) >= 11 is 0. The van der Waals surface area contributed by atoms with Crippen molar-refractivity contribution < 1.29 is 39.6 Å². The SMILES string of the molecule is O=C1C=C(N[C@@H](CO)C(=O)O)C(=O)C(Cc2ccccc2)=C1N[C@@H](CO)C(=O)O. The van der Waals surface area contributed by atoms with E-state index in [1.807, 2.05) is 0 Å². The monoisotopic (exact) mass is 404 g/mol. The number of hydrogen-bond donors (Lipinski definition) is 6. The number of carboxylic acid groups (broad SMARTS) is 2. The van der Waals surface area contributed by atoms with Gasteiger partial charge in [-0.3, -0.25) is 9.59 Å². The molecule has 0 saturated heterocycles. The summed E-state index contributed by atoms with van der Waals surface area (Å²) in [7, 11) is 0. The van der Waals surface area contributed by atoms with Crippen LogP contribution in [0.2, 0.25) is 0 Å². The van der Waals surface area contributed by atoms with E-state index in [-0.39, 0.29) is 23.4 Å². The number of carbonyl (C=O) groups is 4. The van der Waals surface area contributed by atoms with Gasteiger partial charge in [0.15, 0.2) is 0 Å². The van der Waals surface area contributed by atoms with E-state index in [9.17, 15) is 24.3 Å². The molecular weight excluding hydrogens is 384 g/mol. The molecule has 10 heteroatoms. The molecule has 2 atom stereocenters. The summed E-state index contributed by atoms with van der Waals surface area (Å²) in [6.07, 6.45) is 0.794. The van der Waals surface area contributed by atoms with Gasteiger partial charge in [0.25, 0.3) is 0 Å². The third kappa shape index (κ3) is 5.27. The zero-order valence-electron chi connectivity index (χ0n) is 15.2. The van der Waals surface area contributed by atoms with Crippen molar-refractivity contribution in [3.8, 4) is 0 Å². The molecule has 6 N–H and O–H groups in total. The minimum Gasteiger partial charge on any atom is -0.480 e. The molecule has 1 aromatic rings. The van der Waals surface area contributed by atoms with Gasteiger partial charge in [0.2, 0.25) is 11.6 Å². The van der Waals surface area contributed by atoms with E-state index in [1.165, 1.54) is 0 Å². The van der Waals surface area contributed by atoms with Gasteiger partial charge in [-0.15, -0.1) is 0 Å². The van der Waals surface area contributed by atoms with Crippen molar-refractivity contribution in [3.05, 3.63) is 58.9 Å². The number of hydrogen-bond acceptors (Lipinski definition) is 8. The molecule has 0 aromatic heterocycles. The van der Waals surface area contributed by atoms with E-state index in [0.717, 1.165) is 6.08 Å². The molecule has 0 aliphatic heterocycles. The van der Waals surface area contributed by atoms with Crippen molar-refractivity contribution in [1.82, 2.24) is 10.6 Å². The number of allylic oxidation sites excluding steroid dienone is 2. The van der Waals surface area contributed by atoms with E-state index in [1.54, 1.807) is 30.3 Å². The highest BCUT2D eigenvalue weighted by molar-refractivity contribution is 6.22. The van der Waals surface area contributed by atoms with E-state index < -0.39 is 48.8 Å². The number of rotatable bonds is 10. The van der Waals surface area contributed by atoms with Crippen molar-refractivity contribution >= 4 is 23.5 Å². The summed E-state index contributed by atoms with van der Waals surface area (Å²) < 4.78 is 0. The second-order valence-corrected chi connectivity index (χ2v) is 6.20. The Kier molecular flexibility index (Phi) is 7.23. The van der Waals surface area contributed by atoms with Crippen molar-refractivity contribution in [3.63, 3.8) is 0 Å². The third-order valence-corrected chi connectivity index (χ3v) is 4.18. The Bertz CT molecular complexity index is 875. The predicted octanol–water partition coefficient (Wildman–Crippen LogP) is -1.41. The Balaban J connectivity index is 2.44. The summed E-state index contributed by atoms with van der Waals surface area (Å²) in [6, 6.07) is 5.56. The highest BCUT2D eigenvalue weighted by atomic mass is 16.4. The Morgan fingerprint density at radius 3 is 1.97 bits per heavy atom. The fourth-order valence-corrected chi connectivity index (χ4v) is 2.66. The average Bonchev–Trinajstić information content (AvgIpc) is 2.69. The number of Topliss-reactive ketones (excluding diaryl/α,β-unsaturated/α-hetero) is 1. The van der Waals surface area contributed by atoms with Gasteiger partial charge >= 0.3 is 11.9 Å². The summed E-state index contributed by atoms with van der Waals surface area (Å²) in [4.78, 5) is 47.9. The zero-order valence-corrected chi connectivity index (χ0v) is 15.2. The standard InChI is InChI=1S/C19H20N2O8/c22-8-13(18(26)27)20-12-7-15(24)16(21-14(9-23)19(28)29)11(17(12)25)6-10-4-2-1-3-5-10/h1-5,7,13-14,20-23H,6,8-9H2,(H,26,27)(H,28,29)/t13-,14-/m0/s1. The Hall–Kier alpha value is -3.50. The molecule has 0 bridgehead atoms. The molecule has 0 radical (unpaired) electrons. The molecule has 0 amide bonds. The lowest BCUT2D eigenvalue weighted by Crippen LogP contribution is -2.46.